The van der Waals surface area contributed by atoms with Crippen LogP contribution in [0, 0.1) is 5.92 Å². The van der Waals surface area contributed by atoms with Gasteiger partial charge in [-0.05, 0) is 62.3 Å². The van der Waals surface area contributed by atoms with E-state index in [9.17, 15) is 0 Å². The van der Waals surface area contributed by atoms with Crippen molar-refractivity contribution in [1.29, 1.82) is 0 Å². The molecule has 0 aliphatic rings. The molecule has 3 heteroatoms. The predicted octanol–water partition coefficient (Wildman–Crippen LogP) is 4.59. The highest BCUT2D eigenvalue weighted by Crippen LogP contribution is 2.21. The summed E-state index contributed by atoms with van der Waals surface area (Å²) in [7, 11) is 0. The van der Waals surface area contributed by atoms with Crippen LogP contribution in [0.25, 0.3) is 0 Å². The third-order valence-corrected chi connectivity index (χ3v) is 4.86. The number of hydrogen-bond donors (Lipinski definition) is 2. The fourth-order valence-electron chi connectivity index (χ4n) is 3.51. The van der Waals surface area contributed by atoms with E-state index in [4.69, 9.17) is 10.5 Å². The van der Waals surface area contributed by atoms with Crippen molar-refractivity contribution in [2.45, 2.75) is 58.5 Å². The molecule has 0 saturated heterocycles. The SMILES string of the molecule is CCOc1ccccc1CC(NCCCc1ccccc1)C(N)CC(C)C. The predicted molar refractivity (Wildman–Crippen MR) is 115 cm³/mol. The molecular weight excluding hydrogens is 332 g/mol. The van der Waals surface area contributed by atoms with Crippen LogP contribution in [0.3, 0.4) is 0 Å². The summed E-state index contributed by atoms with van der Waals surface area (Å²) < 4.78 is 5.81. The molecule has 0 aliphatic heterocycles. The molecule has 27 heavy (non-hydrogen) atoms. The summed E-state index contributed by atoms with van der Waals surface area (Å²) in [5.41, 5.74) is 9.21. The summed E-state index contributed by atoms with van der Waals surface area (Å²) >= 11 is 0. The lowest BCUT2D eigenvalue weighted by atomic mass is 9.93. The Kier molecular flexibility index (Phi) is 9.37. The van der Waals surface area contributed by atoms with Crippen LogP contribution in [0.2, 0.25) is 0 Å². The Bertz CT molecular complexity index is 642. The molecule has 3 nitrogen and oxygen atoms in total. The molecule has 148 valence electrons. The monoisotopic (exact) mass is 368 g/mol. The number of hydrogen-bond acceptors (Lipinski definition) is 3. The van der Waals surface area contributed by atoms with Gasteiger partial charge in [0.1, 0.15) is 5.75 Å². The van der Waals surface area contributed by atoms with E-state index in [0.29, 0.717) is 12.5 Å². The molecule has 0 bridgehead atoms. The standard InChI is InChI=1S/C24H36N2O/c1-4-27-24-15-9-8-14-21(24)18-23(22(25)17-19(2)3)26-16-10-13-20-11-6-5-7-12-20/h5-9,11-12,14-15,19,22-23,26H,4,10,13,16-18,25H2,1-3H3. The van der Waals surface area contributed by atoms with Gasteiger partial charge in [-0.2, -0.15) is 0 Å². The number of benzene rings is 2. The van der Waals surface area contributed by atoms with Gasteiger partial charge < -0.3 is 15.8 Å². The van der Waals surface area contributed by atoms with Gasteiger partial charge in [-0.3, -0.25) is 0 Å². The van der Waals surface area contributed by atoms with Gasteiger partial charge in [-0.25, -0.2) is 0 Å². The van der Waals surface area contributed by atoms with Crippen molar-refractivity contribution in [2.24, 2.45) is 11.7 Å². The zero-order chi connectivity index (χ0) is 19.5. The van der Waals surface area contributed by atoms with E-state index in [1.54, 1.807) is 0 Å². The molecule has 0 aliphatic carbocycles. The smallest absolute Gasteiger partial charge is 0.122 e. The third kappa shape index (κ3) is 7.74. The van der Waals surface area contributed by atoms with Crippen LogP contribution in [-0.2, 0) is 12.8 Å². The first-order valence-electron chi connectivity index (χ1n) is 10.3. The molecule has 0 saturated carbocycles. The first-order chi connectivity index (χ1) is 13.1. The van der Waals surface area contributed by atoms with Gasteiger partial charge in [0.25, 0.3) is 0 Å². The van der Waals surface area contributed by atoms with Gasteiger partial charge in [0.05, 0.1) is 6.61 Å². The van der Waals surface area contributed by atoms with Gasteiger partial charge >= 0.3 is 0 Å². The van der Waals surface area contributed by atoms with Gasteiger partial charge in [-0.1, -0.05) is 62.4 Å². The van der Waals surface area contributed by atoms with Gasteiger partial charge in [0, 0.05) is 12.1 Å². The van der Waals surface area contributed by atoms with E-state index in [-0.39, 0.29) is 12.1 Å². The van der Waals surface area contributed by atoms with E-state index in [2.05, 4.69) is 67.7 Å². The Morgan fingerprint density at radius 1 is 1.00 bits per heavy atom. The molecule has 2 aromatic carbocycles. The van der Waals surface area contributed by atoms with Crippen LogP contribution in [-0.4, -0.2) is 25.2 Å². The van der Waals surface area contributed by atoms with Crippen molar-refractivity contribution in [3.05, 3.63) is 65.7 Å². The third-order valence-electron chi connectivity index (χ3n) is 4.86. The second-order valence-corrected chi connectivity index (χ2v) is 7.69. The van der Waals surface area contributed by atoms with E-state index >= 15 is 0 Å². The second-order valence-electron chi connectivity index (χ2n) is 7.69. The number of ether oxygens (including phenoxy) is 1. The maximum absolute atomic E-state index is 6.58. The Morgan fingerprint density at radius 2 is 1.70 bits per heavy atom. The van der Waals surface area contributed by atoms with Crippen LogP contribution in [0.4, 0.5) is 0 Å². The minimum absolute atomic E-state index is 0.136. The first-order valence-corrected chi connectivity index (χ1v) is 10.3. The summed E-state index contributed by atoms with van der Waals surface area (Å²) in [5.74, 6) is 1.57. The number of rotatable bonds is 12. The van der Waals surface area contributed by atoms with Crippen molar-refractivity contribution in [1.82, 2.24) is 5.32 Å². The molecule has 0 aromatic heterocycles. The summed E-state index contributed by atoms with van der Waals surface area (Å²) in [5, 5.41) is 3.73. The van der Waals surface area contributed by atoms with E-state index in [1.165, 1.54) is 11.1 Å². The number of nitrogens with one attached hydrogen (secondary N) is 1. The van der Waals surface area contributed by atoms with Crippen LogP contribution >= 0.6 is 0 Å². The van der Waals surface area contributed by atoms with Crippen molar-refractivity contribution in [2.75, 3.05) is 13.2 Å². The summed E-state index contributed by atoms with van der Waals surface area (Å²) in [6, 6.07) is 19.4. The van der Waals surface area contributed by atoms with Gasteiger partial charge in [0.15, 0.2) is 0 Å². The molecule has 0 amide bonds. The first kappa shape index (κ1) is 21.5. The molecule has 0 radical (unpaired) electrons. The Hall–Kier alpha value is -1.84. The molecular formula is C24H36N2O. The lowest BCUT2D eigenvalue weighted by molar-refractivity contribution is 0.329. The molecule has 0 fully saturated rings. The average molecular weight is 369 g/mol. The molecule has 2 atom stereocenters. The number of para-hydroxylation sites is 1. The summed E-state index contributed by atoms with van der Waals surface area (Å²) in [4.78, 5) is 0. The zero-order valence-electron chi connectivity index (χ0n) is 17.2. The minimum atomic E-state index is 0.136. The molecule has 2 aromatic rings. The highest BCUT2D eigenvalue weighted by Gasteiger charge is 2.20. The lowest BCUT2D eigenvalue weighted by Crippen LogP contribution is -2.47. The number of nitrogens with two attached hydrogens (primary N) is 1. The molecule has 0 heterocycles. The van der Waals surface area contributed by atoms with Crippen molar-refractivity contribution in [3.8, 4) is 5.75 Å². The Morgan fingerprint density at radius 3 is 2.41 bits per heavy atom. The van der Waals surface area contributed by atoms with E-state index in [1.807, 2.05) is 13.0 Å². The average Bonchev–Trinajstić information content (AvgIpc) is 2.66. The second kappa shape index (κ2) is 11.8. The van der Waals surface area contributed by atoms with Crippen molar-refractivity contribution in [3.63, 3.8) is 0 Å². The summed E-state index contributed by atoms with van der Waals surface area (Å²) in [6.07, 6.45) is 4.13. The Balaban J connectivity index is 1.96. The lowest BCUT2D eigenvalue weighted by Gasteiger charge is -2.27. The maximum Gasteiger partial charge on any atom is 0.122 e. The topological polar surface area (TPSA) is 47.3 Å². The van der Waals surface area contributed by atoms with Crippen molar-refractivity contribution >= 4 is 0 Å². The van der Waals surface area contributed by atoms with Crippen LogP contribution < -0.4 is 15.8 Å². The fourth-order valence-corrected chi connectivity index (χ4v) is 3.51. The number of aryl methyl sites for hydroxylation is 1. The summed E-state index contributed by atoms with van der Waals surface area (Å²) in [6.45, 7) is 8.16. The van der Waals surface area contributed by atoms with Crippen LogP contribution in [0.5, 0.6) is 5.75 Å². The van der Waals surface area contributed by atoms with Crippen LogP contribution in [0.15, 0.2) is 54.6 Å². The largest absolute Gasteiger partial charge is 0.494 e. The van der Waals surface area contributed by atoms with Gasteiger partial charge in [-0.15, -0.1) is 0 Å². The Labute approximate surface area is 165 Å². The van der Waals surface area contributed by atoms with Crippen molar-refractivity contribution < 1.29 is 4.74 Å². The highest BCUT2D eigenvalue weighted by molar-refractivity contribution is 5.34. The zero-order valence-corrected chi connectivity index (χ0v) is 17.2. The maximum atomic E-state index is 6.58. The molecule has 2 unspecified atom stereocenters. The fraction of sp³-hybridized carbons (Fsp3) is 0.500. The minimum Gasteiger partial charge on any atom is -0.494 e. The normalized spacial score (nSPS) is 13.5. The molecule has 0 spiro atoms. The van der Waals surface area contributed by atoms with E-state index < -0.39 is 0 Å². The van der Waals surface area contributed by atoms with E-state index in [0.717, 1.165) is 38.0 Å². The molecule has 2 rings (SSSR count). The molecule has 3 N–H and O–H groups in total. The highest BCUT2D eigenvalue weighted by atomic mass is 16.5. The quantitative estimate of drug-likeness (QED) is 0.539. The van der Waals surface area contributed by atoms with Gasteiger partial charge in [0.2, 0.25) is 0 Å². The van der Waals surface area contributed by atoms with Crippen LogP contribution in [0.1, 0.15) is 44.7 Å².